The van der Waals surface area contributed by atoms with Crippen LogP contribution < -0.4 is 15.9 Å². The predicted octanol–water partition coefficient (Wildman–Crippen LogP) is 2.18. The molecule has 0 radical (unpaired) electrons. The molecule has 0 unspecified atom stereocenters. The molecule has 3 rings (SSSR count). The molecule has 0 spiro atoms. The first-order chi connectivity index (χ1) is 12.7. The Morgan fingerprint density at radius 2 is 2.15 bits per heavy atom. The van der Waals surface area contributed by atoms with Crippen molar-refractivity contribution in [2.24, 2.45) is 0 Å². The van der Waals surface area contributed by atoms with Crippen LogP contribution in [0.5, 0.6) is 5.75 Å². The molecule has 0 aliphatic carbocycles. The maximum Gasteiger partial charge on any atom is 0.230 e. The number of nitrogens with two attached hydrogens (primary N) is 1. The van der Waals surface area contributed by atoms with Gasteiger partial charge in [-0.05, 0) is 29.5 Å². The molecule has 0 aliphatic heterocycles. The van der Waals surface area contributed by atoms with E-state index in [1.54, 1.807) is 7.11 Å². The number of aromatic nitrogens is 3. The molecule has 9 heteroatoms. The average molecular weight is 390 g/mol. The van der Waals surface area contributed by atoms with Crippen molar-refractivity contribution in [1.29, 1.82) is 0 Å². The number of ether oxygens (including phenoxy) is 1. The monoisotopic (exact) mass is 389 g/mol. The number of benzene rings is 1. The second-order valence-electron chi connectivity index (χ2n) is 5.35. The molecule has 0 atom stereocenters. The largest absolute Gasteiger partial charge is 0.496 e. The van der Waals surface area contributed by atoms with Crippen molar-refractivity contribution in [2.45, 2.75) is 11.6 Å². The minimum atomic E-state index is -0.0782. The molecule has 0 saturated carbocycles. The third-order valence-electron chi connectivity index (χ3n) is 3.65. The van der Waals surface area contributed by atoms with Gasteiger partial charge in [-0.2, -0.15) is 0 Å². The fourth-order valence-corrected chi connectivity index (χ4v) is 3.77. The number of carbonyl (C=O) groups is 1. The molecule has 0 bridgehead atoms. The van der Waals surface area contributed by atoms with Gasteiger partial charge in [0.25, 0.3) is 0 Å². The Kier molecular flexibility index (Phi) is 6.13. The highest BCUT2D eigenvalue weighted by atomic mass is 32.2. The summed E-state index contributed by atoms with van der Waals surface area (Å²) in [6.45, 7) is 0.537. The number of hydrogen-bond acceptors (Lipinski definition) is 7. The lowest BCUT2D eigenvalue weighted by molar-refractivity contribution is -0.118. The molecule has 0 fully saturated rings. The van der Waals surface area contributed by atoms with Gasteiger partial charge in [0, 0.05) is 6.54 Å². The summed E-state index contributed by atoms with van der Waals surface area (Å²) in [4.78, 5) is 13.0. The predicted molar refractivity (Wildman–Crippen MR) is 104 cm³/mol. The van der Waals surface area contributed by atoms with Crippen molar-refractivity contribution in [3.8, 4) is 16.5 Å². The zero-order valence-electron chi connectivity index (χ0n) is 14.2. The van der Waals surface area contributed by atoms with Gasteiger partial charge in [0.1, 0.15) is 5.75 Å². The second-order valence-corrected chi connectivity index (χ2v) is 7.24. The van der Waals surface area contributed by atoms with Gasteiger partial charge < -0.3 is 15.9 Å². The number of nitrogens with one attached hydrogen (secondary N) is 1. The molecule has 3 N–H and O–H groups in total. The van der Waals surface area contributed by atoms with Gasteiger partial charge in [-0.3, -0.25) is 4.79 Å². The van der Waals surface area contributed by atoms with Crippen molar-refractivity contribution in [1.82, 2.24) is 20.2 Å². The van der Waals surface area contributed by atoms with E-state index in [4.69, 9.17) is 10.6 Å². The van der Waals surface area contributed by atoms with E-state index in [0.29, 0.717) is 23.9 Å². The second kappa shape index (κ2) is 8.72. The molecule has 26 heavy (non-hydrogen) atoms. The van der Waals surface area contributed by atoms with Crippen LogP contribution in [0.1, 0.15) is 5.56 Å². The number of carbonyl (C=O) groups excluding carboxylic acids is 1. The van der Waals surface area contributed by atoms with E-state index in [2.05, 4.69) is 15.5 Å². The third-order valence-corrected chi connectivity index (χ3v) is 5.46. The molecule has 136 valence electrons. The van der Waals surface area contributed by atoms with Crippen LogP contribution in [0.4, 0.5) is 0 Å². The van der Waals surface area contributed by atoms with Gasteiger partial charge in [0.2, 0.25) is 11.1 Å². The lowest BCUT2D eigenvalue weighted by Crippen LogP contribution is -2.27. The average Bonchev–Trinajstić information content (AvgIpc) is 3.30. The number of thiophene rings is 1. The molecule has 1 amide bonds. The van der Waals surface area contributed by atoms with E-state index in [9.17, 15) is 4.79 Å². The number of hydrogen-bond donors (Lipinski definition) is 2. The summed E-state index contributed by atoms with van der Waals surface area (Å²) in [7, 11) is 1.64. The highest BCUT2D eigenvalue weighted by molar-refractivity contribution is 7.99. The minimum Gasteiger partial charge on any atom is -0.496 e. The van der Waals surface area contributed by atoms with Gasteiger partial charge in [-0.15, -0.1) is 21.5 Å². The van der Waals surface area contributed by atoms with Crippen LogP contribution in [-0.4, -0.2) is 40.2 Å². The van der Waals surface area contributed by atoms with Crippen molar-refractivity contribution in [3.05, 3.63) is 47.3 Å². The number of para-hydroxylation sites is 1. The van der Waals surface area contributed by atoms with Crippen LogP contribution >= 0.6 is 23.1 Å². The Morgan fingerprint density at radius 1 is 1.31 bits per heavy atom. The minimum absolute atomic E-state index is 0.0782. The van der Waals surface area contributed by atoms with E-state index < -0.39 is 0 Å². The fourth-order valence-electron chi connectivity index (χ4n) is 2.38. The molecular formula is C17H19N5O2S2. The Morgan fingerprint density at radius 3 is 2.92 bits per heavy atom. The number of nitrogens with zero attached hydrogens (tertiary/aromatic N) is 3. The Balaban J connectivity index is 1.47. The van der Waals surface area contributed by atoms with E-state index in [1.807, 2.05) is 41.8 Å². The van der Waals surface area contributed by atoms with Crippen molar-refractivity contribution in [3.63, 3.8) is 0 Å². The SMILES string of the molecule is COc1ccccc1CCNC(=O)CSc1nnc(-c2cccs2)n1N. The smallest absolute Gasteiger partial charge is 0.230 e. The number of methoxy groups -OCH3 is 1. The molecule has 3 aromatic rings. The fraction of sp³-hybridized carbons (Fsp3) is 0.235. The Labute approximate surface area is 159 Å². The maximum absolute atomic E-state index is 12.0. The zero-order valence-corrected chi connectivity index (χ0v) is 15.8. The van der Waals surface area contributed by atoms with Gasteiger partial charge in [0.15, 0.2) is 5.82 Å². The Hall–Kier alpha value is -2.52. The lowest BCUT2D eigenvalue weighted by Gasteiger charge is -2.09. The van der Waals surface area contributed by atoms with Crippen LogP contribution in [0.15, 0.2) is 46.9 Å². The summed E-state index contributed by atoms with van der Waals surface area (Å²) >= 11 is 2.80. The van der Waals surface area contributed by atoms with Gasteiger partial charge in [-0.25, -0.2) is 4.68 Å². The van der Waals surface area contributed by atoms with Gasteiger partial charge in [-0.1, -0.05) is 36.0 Å². The van der Waals surface area contributed by atoms with E-state index in [1.165, 1.54) is 27.8 Å². The quantitative estimate of drug-likeness (QED) is 0.453. The van der Waals surface area contributed by atoms with E-state index in [-0.39, 0.29) is 11.7 Å². The molecular weight excluding hydrogens is 370 g/mol. The van der Waals surface area contributed by atoms with Crippen LogP contribution in [-0.2, 0) is 11.2 Å². The summed E-state index contributed by atoms with van der Waals surface area (Å²) < 4.78 is 6.72. The van der Waals surface area contributed by atoms with Crippen LogP contribution in [0, 0.1) is 0 Å². The summed E-state index contributed by atoms with van der Waals surface area (Å²) in [6.07, 6.45) is 0.704. The number of rotatable bonds is 8. The van der Waals surface area contributed by atoms with E-state index in [0.717, 1.165) is 16.2 Å². The summed E-state index contributed by atoms with van der Waals surface area (Å²) in [5, 5.41) is 13.5. The summed E-state index contributed by atoms with van der Waals surface area (Å²) in [5.74, 6) is 7.59. The van der Waals surface area contributed by atoms with Crippen molar-refractivity contribution in [2.75, 3.05) is 25.3 Å². The highest BCUT2D eigenvalue weighted by Gasteiger charge is 2.14. The molecule has 0 aliphatic rings. The summed E-state index contributed by atoms with van der Waals surface area (Å²) in [5.41, 5.74) is 1.06. The van der Waals surface area contributed by atoms with Gasteiger partial charge in [0.05, 0.1) is 17.7 Å². The zero-order chi connectivity index (χ0) is 18.4. The first-order valence-electron chi connectivity index (χ1n) is 7.95. The van der Waals surface area contributed by atoms with Crippen molar-refractivity contribution >= 4 is 29.0 Å². The number of amides is 1. The van der Waals surface area contributed by atoms with E-state index >= 15 is 0 Å². The lowest BCUT2D eigenvalue weighted by atomic mass is 10.1. The molecule has 1 aromatic carbocycles. The topological polar surface area (TPSA) is 95.1 Å². The number of thioether (sulfide) groups is 1. The van der Waals surface area contributed by atoms with Crippen LogP contribution in [0.25, 0.3) is 10.7 Å². The normalized spacial score (nSPS) is 10.7. The van der Waals surface area contributed by atoms with Crippen LogP contribution in [0.2, 0.25) is 0 Å². The molecule has 2 aromatic heterocycles. The summed E-state index contributed by atoms with van der Waals surface area (Å²) in [6, 6.07) is 11.6. The van der Waals surface area contributed by atoms with Gasteiger partial charge >= 0.3 is 0 Å². The standard InChI is InChI=1S/C17H19N5O2S2/c1-24-13-6-3-2-5-12(13)8-9-19-15(23)11-26-17-21-20-16(22(17)18)14-7-4-10-25-14/h2-7,10H,8-9,11,18H2,1H3,(H,19,23). The molecule has 7 nitrogen and oxygen atoms in total. The van der Waals surface area contributed by atoms with Crippen molar-refractivity contribution < 1.29 is 9.53 Å². The highest BCUT2D eigenvalue weighted by Crippen LogP contribution is 2.25. The first kappa shape index (κ1) is 18.3. The third kappa shape index (κ3) is 4.36. The molecule has 0 saturated heterocycles. The Bertz CT molecular complexity index is 864. The molecule has 2 heterocycles. The first-order valence-corrected chi connectivity index (χ1v) is 9.81. The van der Waals surface area contributed by atoms with Crippen LogP contribution in [0.3, 0.4) is 0 Å². The maximum atomic E-state index is 12.0. The number of nitrogen functional groups attached to an aromatic ring is 1.